The third kappa shape index (κ3) is 2.79. The molecular weight excluding hydrogens is 204 g/mol. The van der Waals surface area contributed by atoms with Crippen molar-refractivity contribution < 1.29 is 4.92 Å². The summed E-state index contributed by atoms with van der Waals surface area (Å²) in [6.45, 7) is 1.71. The fourth-order valence-corrected chi connectivity index (χ4v) is 1.92. The average molecular weight is 220 g/mol. The van der Waals surface area contributed by atoms with Crippen molar-refractivity contribution in [3.05, 3.63) is 39.9 Å². The highest BCUT2D eigenvalue weighted by molar-refractivity contribution is 5.39. The van der Waals surface area contributed by atoms with Gasteiger partial charge in [0.1, 0.15) is 0 Å². The summed E-state index contributed by atoms with van der Waals surface area (Å²) in [6.07, 6.45) is 2.61. The van der Waals surface area contributed by atoms with Gasteiger partial charge < -0.3 is 4.90 Å². The van der Waals surface area contributed by atoms with Gasteiger partial charge in [0.05, 0.1) is 4.92 Å². The molecule has 0 aliphatic heterocycles. The Balaban J connectivity index is 2.04. The Bertz CT molecular complexity index is 388. The lowest BCUT2D eigenvalue weighted by molar-refractivity contribution is -0.385. The summed E-state index contributed by atoms with van der Waals surface area (Å²) < 4.78 is 0. The highest BCUT2D eigenvalue weighted by atomic mass is 16.6. The van der Waals surface area contributed by atoms with Crippen LogP contribution in [0.4, 0.5) is 5.69 Å². The normalized spacial score (nSPS) is 15.4. The number of nitro groups is 1. The minimum atomic E-state index is -0.305. The zero-order chi connectivity index (χ0) is 11.5. The van der Waals surface area contributed by atoms with Gasteiger partial charge in [-0.1, -0.05) is 18.2 Å². The van der Waals surface area contributed by atoms with E-state index in [9.17, 15) is 10.1 Å². The summed E-state index contributed by atoms with van der Waals surface area (Å²) in [5.74, 6) is 0.813. The average Bonchev–Trinajstić information content (AvgIpc) is 3.02. The number of benzene rings is 1. The number of rotatable bonds is 5. The van der Waals surface area contributed by atoms with Crippen LogP contribution < -0.4 is 0 Å². The lowest BCUT2D eigenvalue weighted by atomic mass is 10.1. The summed E-state index contributed by atoms with van der Waals surface area (Å²) in [7, 11) is 2.02. The molecule has 0 saturated heterocycles. The third-order valence-electron chi connectivity index (χ3n) is 2.90. The molecule has 0 atom stereocenters. The molecule has 4 heteroatoms. The van der Waals surface area contributed by atoms with E-state index in [1.165, 1.54) is 12.8 Å². The number of hydrogen-bond acceptors (Lipinski definition) is 3. The molecule has 1 aliphatic rings. The lowest BCUT2D eigenvalue weighted by Crippen LogP contribution is -2.20. The first kappa shape index (κ1) is 11.1. The van der Waals surface area contributed by atoms with Crippen LogP contribution in [0.2, 0.25) is 0 Å². The molecule has 0 heterocycles. The molecule has 1 aliphatic carbocycles. The first-order valence-corrected chi connectivity index (χ1v) is 5.57. The molecule has 0 N–H and O–H groups in total. The molecule has 1 aromatic rings. The molecule has 0 radical (unpaired) electrons. The predicted molar refractivity (Wildman–Crippen MR) is 62.2 cm³/mol. The minimum absolute atomic E-state index is 0.227. The minimum Gasteiger partial charge on any atom is -0.302 e. The standard InChI is InChI=1S/C12H16N2O2/c1-13(8-10-6-7-10)9-11-4-2-3-5-12(11)14(15)16/h2-5,10H,6-9H2,1H3. The molecule has 0 amide bonds. The molecule has 4 nitrogen and oxygen atoms in total. The van der Waals surface area contributed by atoms with E-state index in [2.05, 4.69) is 4.90 Å². The van der Waals surface area contributed by atoms with Gasteiger partial charge in [-0.3, -0.25) is 10.1 Å². The first-order valence-electron chi connectivity index (χ1n) is 5.57. The first-order chi connectivity index (χ1) is 7.66. The Labute approximate surface area is 95.0 Å². The van der Waals surface area contributed by atoms with Gasteiger partial charge in [0.15, 0.2) is 0 Å². The van der Waals surface area contributed by atoms with Gasteiger partial charge in [-0.15, -0.1) is 0 Å². The summed E-state index contributed by atoms with van der Waals surface area (Å²) in [6, 6.07) is 6.97. The fourth-order valence-electron chi connectivity index (χ4n) is 1.92. The number of para-hydroxylation sites is 1. The molecule has 0 aromatic heterocycles. The SMILES string of the molecule is CN(Cc1ccccc1[N+](=O)[O-])CC1CC1. The van der Waals surface area contributed by atoms with E-state index in [-0.39, 0.29) is 10.6 Å². The van der Waals surface area contributed by atoms with Gasteiger partial charge in [0.25, 0.3) is 5.69 Å². The fraction of sp³-hybridized carbons (Fsp3) is 0.500. The van der Waals surface area contributed by atoms with Crippen molar-refractivity contribution in [2.45, 2.75) is 19.4 Å². The van der Waals surface area contributed by atoms with Crippen LogP contribution in [0.25, 0.3) is 0 Å². The van der Waals surface area contributed by atoms with Crippen LogP contribution in [0.3, 0.4) is 0 Å². The van der Waals surface area contributed by atoms with Crippen molar-refractivity contribution in [3.63, 3.8) is 0 Å². The van der Waals surface area contributed by atoms with E-state index >= 15 is 0 Å². The van der Waals surface area contributed by atoms with Crippen LogP contribution in [0.5, 0.6) is 0 Å². The van der Waals surface area contributed by atoms with Gasteiger partial charge in [-0.05, 0) is 25.8 Å². The second kappa shape index (κ2) is 4.61. The monoisotopic (exact) mass is 220 g/mol. The van der Waals surface area contributed by atoms with Crippen molar-refractivity contribution in [2.75, 3.05) is 13.6 Å². The maximum Gasteiger partial charge on any atom is 0.273 e. The van der Waals surface area contributed by atoms with Gasteiger partial charge >= 0.3 is 0 Å². The Kier molecular flexibility index (Phi) is 3.19. The second-order valence-corrected chi connectivity index (χ2v) is 4.53. The molecule has 86 valence electrons. The maximum absolute atomic E-state index is 10.8. The highest BCUT2D eigenvalue weighted by Gasteiger charge is 2.23. The van der Waals surface area contributed by atoms with Crippen LogP contribution in [0, 0.1) is 16.0 Å². The summed E-state index contributed by atoms with van der Waals surface area (Å²) in [4.78, 5) is 12.7. The van der Waals surface area contributed by atoms with Crippen molar-refractivity contribution in [3.8, 4) is 0 Å². The van der Waals surface area contributed by atoms with Crippen LogP contribution in [-0.4, -0.2) is 23.4 Å². The highest BCUT2D eigenvalue weighted by Crippen LogP contribution is 2.30. The molecule has 1 aromatic carbocycles. The Morgan fingerprint density at radius 1 is 1.44 bits per heavy atom. The molecule has 1 fully saturated rings. The van der Waals surface area contributed by atoms with Crippen molar-refractivity contribution in [1.29, 1.82) is 0 Å². The van der Waals surface area contributed by atoms with Crippen LogP contribution >= 0.6 is 0 Å². The molecule has 2 rings (SSSR count). The van der Waals surface area contributed by atoms with Crippen LogP contribution in [0.15, 0.2) is 24.3 Å². The molecule has 0 unspecified atom stereocenters. The number of nitro benzene ring substituents is 1. The van der Waals surface area contributed by atoms with Crippen LogP contribution in [0.1, 0.15) is 18.4 Å². The van der Waals surface area contributed by atoms with Gasteiger partial charge in [-0.2, -0.15) is 0 Å². The second-order valence-electron chi connectivity index (χ2n) is 4.53. The molecular formula is C12H16N2O2. The van der Waals surface area contributed by atoms with Crippen molar-refractivity contribution in [2.24, 2.45) is 5.92 Å². The Hall–Kier alpha value is -1.42. The summed E-state index contributed by atoms with van der Waals surface area (Å²) >= 11 is 0. The van der Waals surface area contributed by atoms with E-state index in [1.54, 1.807) is 12.1 Å². The smallest absolute Gasteiger partial charge is 0.273 e. The third-order valence-corrected chi connectivity index (χ3v) is 2.90. The lowest BCUT2D eigenvalue weighted by Gasteiger charge is -2.15. The Morgan fingerprint density at radius 3 is 2.75 bits per heavy atom. The molecule has 0 bridgehead atoms. The zero-order valence-corrected chi connectivity index (χ0v) is 9.43. The quantitative estimate of drug-likeness (QED) is 0.565. The predicted octanol–water partition coefficient (Wildman–Crippen LogP) is 2.44. The van der Waals surface area contributed by atoms with E-state index in [0.29, 0.717) is 6.54 Å². The van der Waals surface area contributed by atoms with Gasteiger partial charge in [-0.25, -0.2) is 0 Å². The van der Waals surface area contributed by atoms with Crippen LogP contribution in [-0.2, 0) is 6.54 Å². The van der Waals surface area contributed by atoms with E-state index in [4.69, 9.17) is 0 Å². The summed E-state index contributed by atoms with van der Waals surface area (Å²) in [5.41, 5.74) is 1.03. The maximum atomic E-state index is 10.8. The van der Waals surface area contributed by atoms with Crippen molar-refractivity contribution in [1.82, 2.24) is 4.90 Å². The number of hydrogen-bond donors (Lipinski definition) is 0. The largest absolute Gasteiger partial charge is 0.302 e. The number of nitrogens with zero attached hydrogens (tertiary/aromatic N) is 2. The van der Waals surface area contributed by atoms with E-state index < -0.39 is 0 Å². The van der Waals surface area contributed by atoms with E-state index in [0.717, 1.165) is 18.0 Å². The zero-order valence-electron chi connectivity index (χ0n) is 9.43. The topological polar surface area (TPSA) is 46.4 Å². The van der Waals surface area contributed by atoms with Gasteiger partial charge in [0, 0.05) is 24.7 Å². The Morgan fingerprint density at radius 2 is 2.12 bits per heavy atom. The summed E-state index contributed by atoms with van der Waals surface area (Å²) in [5, 5.41) is 10.8. The molecule has 16 heavy (non-hydrogen) atoms. The van der Waals surface area contributed by atoms with Crippen molar-refractivity contribution >= 4 is 5.69 Å². The molecule has 1 saturated carbocycles. The van der Waals surface area contributed by atoms with E-state index in [1.807, 2.05) is 19.2 Å². The molecule has 0 spiro atoms. The van der Waals surface area contributed by atoms with Gasteiger partial charge in [0.2, 0.25) is 0 Å².